The molecular formula is C21H16F2O7S2. The van der Waals surface area contributed by atoms with Crippen molar-refractivity contribution in [3.8, 4) is 17.2 Å². The summed E-state index contributed by atoms with van der Waals surface area (Å²) in [5.74, 6) is 0.254. The molecule has 0 aromatic heterocycles. The second-order valence-electron chi connectivity index (χ2n) is 7.00. The minimum absolute atomic E-state index is 0.191. The second kappa shape index (κ2) is 8.06. The van der Waals surface area contributed by atoms with Gasteiger partial charge >= 0.3 is 21.0 Å². The second-order valence-corrected chi connectivity index (χ2v) is 8.91. The van der Waals surface area contributed by atoms with Crippen LogP contribution in [0.15, 0.2) is 72.8 Å². The van der Waals surface area contributed by atoms with E-state index in [9.17, 15) is 24.6 Å². The Labute approximate surface area is 184 Å². The van der Waals surface area contributed by atoms with Crippen molar-refractivity contribution in [3.63, 3.8) is 0 Å². The number of rotatable bonds is 6. The maximum atomic E-state index is 12.9. The summed E-state index contributed by atoms with van der Waals surface area (Å²) in [6.45, 7) is 0.352. The van der Waals surface area contributed by atoms with Crippen molar-refractivity contribution in [2.24, 2.45) is 0 Å². The predicted octanol–water partition coefficient (Wildman–Crippen LogP) is 3.99. The highest BCUT2D eigenvalue weighted by Gasteiger charge is 2.41. The van der Waals surface area contributed by atoms with Crippen molar-refractivity contribution >= 4 is 21.0 Å². The third kappa shape index (κ3) is 4.53. The van der Waals surface area contributed by atoms with Gasteiger partial charge in [-0.3, -0.25) is 0 Å². The number of fused-ring (bicyclic) bond motifs is 1. The number of hydrogen-bond acceptors (Lipinski definition) is 7. The van der Waals surface area contributed by atoms with Crippen LogP contribution in [0.1, 0.15) is 23.1 Å². The Kier molecular flexibility index (Phi) is 5.55. The molecule has 3 aromatic carbocycles. The first-order valence-corrected chi connectivity index (χ1v) is 11.9. The molecule has 0 spiro atoms. The van der Waals surface area contributed by atoms with Gasteiger partial charge in [0, 0.05) is 5.56 Å². The van der Waals surface area contributed by atoms with Crippen molar-refractivity contribution < 1.29 is 37.7 Å². The Morgan fingerprint density at radius 1 is 0.719 bits per heavy atom. The minimum atomic E-state index is -5.16. The van der Waals surface area contributed by atoms with Gasteiger partial charge in [-0.05, 0) is 47.9 Å². The van der Waals surface area contributed by atoms with Gasteiger partial charge in [0.2, 0.25) is 0 Å². The molecule has 0 bridgehead atoms. The van der Waals surface area contributed by atoms with Crippen LogP contribution in [0, 0.1) is 0 Å². The Morgan fingerprint density at radius 2 is 1.19 bits per heavy atom. The molecule has 0 radical (unpaired) electrons. The standard InChI is InChI=1S/C21H16F2O7S2/c22-31(24,25)29-17-9-5-15(6-10-17)21(13-14-28-20-4-2-1-3-19(20)21)16-7-11-18(12-8-16)30-32(23,26)27/h1-12H,13-14H2. The van der Waals surface area contributed by atoms with Gasteiger partial charge in [-0.2, -0.15) is 16.8 Å². The van der Waals surface area contributed by atoms with Gasteiger partial charge in [-0.25, -0.2) is 0 Å². The smallest absolute Gasteiger partial charge is 0.488 e. The molecule has 1 aliphatic heterocycles. The summed E-state index contributed by atoms with van der Waals surface area (Å²) in [5.41, 5.74) is 1.48. The molecule has 1 heterocycles. The monoisotopic (exact) mass is 482 g/mol. The highest BCUT2D eigenvalue weighted by molar-refractivity contribution is 7.82. The van der Waals surface area contributed by atoms with Crippen molar-refractivity contribution in [3.05, 3.63) is 89.5 Å². The fourth-order valence-corrected chi connectivity index (χ4v) is 4.66. The molecule has 168 valence electrons. The summed E-state index contributed by atoms with van der Waals surface area (Å²) < 4.78 is 83.2. The SMILES string of the molecule is O=S(=O)(F)Oc1ccc(C2(c3ccc(OS(=O)(=O)F)cc3)CCOc3ccccc32)cc1. The average Bonchev–Trinajstić information content (AvgIpc) is 2.72. The van der Waals surface area contributed by atoms with E-state index in [2.05, 4.69) is 8.37 Å². The van der Waals surface area contributed by atoms with Crippen LogP contribution < -0.4 is 13.1 Å². The van der Waals surface area contributed by atoms with E-state index in [4.69, 9.17) is 4.74 Å². The number of ether oxygens (including phenoxy) is 1. The van der Waals surface area contributed by atoms with Crippen LogP contribution in [0.2, 0.25) is 0 Å². The number of para-hydroxylation sites is 1. The highest BCUT2D eigenvalue weighted by atomic mass is 32.3. The zero-order chi connectivity index (χ0) is 23.0. The molecule has 3 aromatic rings. The Hall–Kier alpha value is -3.18. The summed E-state index contributed by atoms with van der Waals surface area (Å²) in [4.78, 5) is 0. The Balaban J connectivity index is 1.85. The van der Waals surface area contributed by atoms with E-state index >= 15 is 0 Å². The lowest BCUT2D eigenvalue weighted by molar-refractivity contribution is 0.252. The normalized spacial score (nSPS) is 15.3. The largest absolute Gasteiger partial charge is 0.493 e. The summed E-state index contributed by atoms with van der Waals surface area (Å²) in [7, 11) is -10.3. The van der Waals surface area contributed by atoms with Gasteiger partial charge in [-0.1, -0.05) is 50.2 Å². The first kappa shape index (κ1) is 22.0. The molecular weight excluding hydrogens is 466 g/mol. The number of hydrogen-bond donors (Lipinski definition) is 0. The van der Waals surface area contributed by atoms with E-state index in [0.717, 1.165) is 16.7 Å². The molecule has 0 aliphatic carbocycles. The maximum absolute atomic E-state index is 12.9. The molecule has 0 fully saturated rings. The molecule has 0 N–H and O–H groups in total. The molecule has 32 heavy (non-hydrogen) atoms. The number of benzene rings is 3. The van der Waals surface area contributed by atoms with E-state index in [0.29, 0.717) is 18.8 Å². The van der Waals surface area contributed by atoms with E-state index in [-0.39, 0.29) is 11.5 Å². The molecule has 0 saturated carbocycles. The summed E-state index contributed by atoms with van der Waals surface area (Å²) in [6, 6.07) is 19.1. The quantitative estimate of drug-likeness (QED) is 0.490. The van der Waals surface area contributed by atoms with Crippen LogP contribution >= 0.6 is 0 Å². The van der Waals surface area contributed by atoms with Crippen molar-refractivity contribution in [1.82, 2.24) is 0 Å². The van der Waals surface area contributed by atoms with Crippen molar-refractivity contribution in [1.29, 1.82) is 0 Å². The summed E-state index contributed by atoms with van der Waals surface area (Å²) >= 11 is 0. The molecule has 11 heteroatoms. The first-order valence-electron chi connectivity index (χ1n) is 9.28. The predicted molar refractivity (Wildman–Crippen MR) is 111 cm³/mol. The average molecular weight is 482 g/mol. The Bertz CT molecular complexity index is 1260. The van der Waals surface area contributed by atoms with Gasteiger partial charge in [-0.15, -0.1) is 0 Å². The minimum Gasteiger partial charge on any atom is -0.493 e. The molecule has 0 atom stereocenters. The third-order valence-electron chi connectivity index (χ3n) is 5.17. The van der Waals surface area contributed by atoms with Crippen molar-refractivity contribution in [2.45, 2.75) is 11.8 Å². The van der Waals surface area contributed by atoms with Crippen LogP contribution in [-0.2, 0) is 26.4 Å². The summed E-state index contributed by atoms with van der Waals surface area (Å²) in [6.07, 6.45) is 0.479. The fourth-order valence-electron chi connectivity index (χ4n) is 3.98. The van der Waals surface area contributed by atoms with E-state index in [1.54, 1.807) is 24.3 Å². The van der Waals surface area contributed by atoms with Crippen LogP contribution in [0.5, 0.6) is 17.2 Å². The van der Waals surface area contributed by atoms with Crippen LogP contribution in [0.4, 0.5) is 7.77 Å². The zero-order valence-corrected chi connectivity index (χ0v) is 17.9. The van der Waals surface area contributed by atoms with Gasteiger partial charge in [0.15, 0.2) is 0 Å². The van der Waals surface area contributed by atoms with Gasteiger partial charge in [0.1, 0.15) is 17.2 Å². The molecule has 7 nitrogen and oxygen atoms in total. The highest BCUT2D eigenvalue weighted by Crippen LogP contribution is 2.48. The molecule has 4 rings (SSSR count). The lowest BCUT2D eigenvalue weighted by Gasteiger charge is -2.40. The van der Waals surface area contributed by atoms with E-state index in [1.807, 2.05) is 24.3 Å². The topological polar surface area (TPSA) is 96.0 Å². The molecule has 0 unspecified atom stereocenters. The van der Waals surface area contributed by atoms with Crippen molar-refractivity contribution in [2.75, 3.05) is 6.61 Å². The lowest BCUT2D eigenvalue weighted by Crippen LogP contribution is -2.35. The van der Waals surface area contributed by atoms with Gasteiger partial charge in [0.25, 0.3) is 0 Å². The Morgan fingerprint density at radius 3 is 1.66 bits per heavy atom. The summed E-state index contributed by atoms with van der Waals surface area (Å²) in [5, 5.41) is 0. The zero-order valence-electron chi connectivity index (χ0n) is 16.3. The van der Waals surface area contributed by atoms with Crippen LogP contribution in [-0.4, -0.2) is 23.4 Å². The van der Waals surface area contributed by atoms with Gasteiger partial charge in [0.05, 0.1) is 12.0 Å². The van der Waals surface area contributed by atoms with E-state index in [1.165, 1.54) is 24.3 Å². The van der Waals surface area contributed by atoms with Crippen LogP contribution in [0.3, 0.4) is 0 Å². The fraction of sp³-hybridized carbons (Fsp3) is 0.143. The number of halogens is 2. The molecule has 0 amide bonds. The first-order chi connectivity index (χ1) is 15.1. The molecule has 1 aliphatic rings. The molecule has 0 saturated heterocycles. The van der Waals surface area contributed by atoms with Crippen LogP contribution in [0.25, 0.3) is 0 Å². The lowest BCUT2D eigenvalue weighted by atomic mass is 9.66. The van der Waals surface area contributed by atoms with E-state index < -0.39 is 26.4 Å². The van der Waals surface area contributed by atoms with Gasteiger partial charge < -0.3 is 13.1 Å². The maximum Gasteiger partial charge on any atom is 0.488 e. The third-order valence-corrected chi connectivity index (χ3v) is 5.95.